The minimum absolute atomic E-state index is 0.226. The molecule has 0 atom stereocenters. The maximum atomic E-state index is 9.15. The number of hydrogen-bond donors (Lipinski definition) is 6. The molecule has 3 aromatic carbocycles. The largest absolute Gasteiger partial charge is 0.439 e. The Hall–Kier alpha value is -3.18. The normalized spacial score (nSPS) is 19.5. The van der Waals surface area contributed by atoms with Gasteiger partial charge < -0.3 is 44.8 Å². The quantitative estimate of drug-likeness (QED) is 0.256. The van der Waals surface area contributed by atoms with Crippen molar-refractivity contribution in [3.05, 3.63) is 89.5 Å². The fraction of sp³-hybridized carbons (Fsp3) is 0.333. The summed E-state index contributed by atoms with van der Waals surface area (Å²) in [5.74, 6) is -4.24. The van der Waals surface area contributed by atoms with Crippen LogP contribution in [0.5, 0.6) is 17.2 Å². The van der Waals surface area contributed by atoms with Gasteiger partial charge in [-0.15, -0.1) is 0 Å². The highest BCUT2D eigenvalue weighted by molar-refractivity contribution is 5.36. The molecule has 3 aromatic rings. The Balaban J connectivity index is 0.000000127. The lowest BCUT2D eigenvalue weighted by atomic mass is 10.1. The highest BCUT2D eigenvalue weighted by Crippen LogP contribution is 2.31. The number of benzene rings is 3. The first kappa shape index (κ1) is 25.9. The van der Waals surface area contributed by atoms with Gasteiger partial charge in [-0.2, -0.15) is 0 Å². The highest BCUT2D eigenvalue weighted by Gasteiger charge is 2.32. The molecule has 9 nitrogen and oxygen atoms in total. The molecule has 0 unspecified atom stereocenters. The van der Waals surface area contributed by atoms with Crippen LogP contribution in [0.4, 0.5) is 0 Å². The number of fused-ring (bicyclic) bond motifs is 3. The van der Waals surface area contributed by atoms with Gasteiger partial charge in [-0.25, -0.2) is 0 Å². The third-order valence-corrected chi connectivity index (χ3v) is 5.90. The summed E-state index contributed by atoms with van der Waals surface area (Å²) in [5, 5.41) is 54.9. The van der Waals surface area contributed by atoms with Crippen molar-refractivity contribution in [3.8, 4) is 17.2 Å². The van der Waals surface area contributed by atoms with Gasteiger partial charge >= 0.3 is 17.9 Å². The fourth-order valence-electron chi connectivity index (χ4n) is 4.00. The maximum Gasteiger partial charge on any atom is 0.322 e. The van der Waals surface area contributed by atoms with Crippen LogP contribution >= 0.6 is 0 Å². The van der Waals surface area contributed by atoms with Crippen molar-refractivity contribution >= 4 is 0 Å². The number of hydrogen-bond acceptors (Lipinski definition) is 9. The molecule has 0 saturated carbocycles. The van der Waals surface area contributed by atoms with E-state index in [0.29, 0.717) is 36.5 Å². The van der Waals surface area contributed by atoms with E-state index in [1.807, 2.05) is 36.4 Å². The van der Waals surface area contributed by atoms with Gasteiger partial charge in [0, 0.05) is 19.3 Å². The summed E-state index contributed by atoms with van der Waals surface area (Å²) >= 11 is 0. The zero-order chi connectivity index (χ0) is 25.8. The minimum Gasteiger partial charge on any atom is -0.439 e. The second-order valence-corrected chi connectivity index (χ2v) is 8.86. The molecule has 36 heavy (non-hydrogen) atoms. The number of rotatable bonds is 0. The van der Waals surface area contributed by atoms with Gasteiger partial charge in [0.1, 0.15) is 17.2 Å². The fourth-order valence-corrected chi connectivity index (χ4v) is 4.00. The number of para-hydroxylation sites is 3. The van der Waals surface area contributed by atoms with Crippen molar-refractivity contribution in [2.75, 3.05) is 0 Å². The van der Waals surface area contributed by atoms with E-state index in [-0.39, 0.29) is 19.3 Å². The molecular weight excluding hydrogens is 468 g/mol. The topological polar surface area (TPSA) is 149 Å². The molecule has 0 saturated heterocycles. The van der Waals surface area contributed by atoms with E-state index in [1.54, 1.807) is 36.4 Å². The highest BCUT2D eigenvalue weighted by atomic mass is 16.8. The number of aryl methyl sites for hydroxylation is 3. The van der Waals surface area contributed by atoms with Crippen molar-refractivity contribution in [1.29, 1.82) is 0 Å². The van der Waals surface area contributed by atoms with Crippen molar-refractivity contribution in [2.45, 2.75) is 56.4 Å². The molecule has 3 heterocycles. The molecule has 0 radical (unpaired) electrons. The Bertz CT molecular complexity index is 1030. The first-order valence-electron chi connectivity index (χ1n) is 11.7. The Kier molecular flexibility index (Phi) is 7.51. The monoisotopic (exact) mass is 498 g/mol. The zero-order valence-corrected chi connectivity index (χ0v) is 19.6. The molecule has 6 rings (SSSR count). The molecule has 0 aromatic heterocycles. The van der Waals surface area contributed by atoms with E-state index < -0.39 is 17.9 Å². The van der Waals surface area contributed by atoms with Crippen molar-refractivity contribution in [1.82, 2.24) is 0 Å². The summed E-state index contributed by atoms with van der Waals surface area (Å²) < 4.78 is 14.8. The van der Waals surface area contributed by atoms with Gasteiger partial charge in [0.25, 0.3) is 0 Å². The Labute approximate surface area is 208 Å². The van der Waals surface area contributed by atoms with Gasteiger partial charge in [-0.1, -0.05) is 54.6 Å². The molecule has 0 amide bonds. The van der Waals surface area contributed by atoms with Gasteiger partial charge in [0.05, 0.1) is 0 Å². The van der Waals surface area contributed by atoms with E-state index in [9.17, 15) is 0 Å². The molecular formula is C27H30O9. The van der Waals surface area contributed by atoms with Crippen LogP contribution in [0.1, 0.15) is 36.0 Å². The van der Waals surface area contributed by atoms with Crippen LogP contribution in [0.3, 0.4) is 0 Å². The van der Waals surface area contributed by atoms with Crippen LogP contribution < -0.4 is 14.2 Å². The van der Waals surface area contributed by atoms with E-state index in [2.05, 4.69) is 0 Å². The van der Waals surface area contributed by atoms with E-state index in [0.717, 1.165) is 16.7 Å². The number of ether oxygens (including phenoxy) is 3. The van der Waals surface area contributed by atoms with Gasteiger partial charge in [0.15, 0.2) is 0 Å². The van der Waals surface area contributed by atoms with Crippen LogP contribution in [0, 0.1) is 0 Å². The van der Waals surface area contributed by atoms with Gasteiger partial charge in [-0.05, 0) is 54.2 Å². The lowest BCUT2D eigenvalue weighted by Crippen LogP contribution is -2.38. The lowest BCUT2D eigenvalue weighted by Gasteiger charge is -2.28. The van der Waals surface area contributed by atoms with Crippen LogP contribution in [-0.2, 0) is 19.3 Å². The van der Waals surface area contributed by atoms with E-state index in [4.69, 9.17) is 44.8 Å². The summed E-state index contributed by atoms with van der Waals surface area (Å²) in [6, 6.07) is 22.1. The lowest BCUT2D eigenvalue weighted by molar-refractivity contribution is -0.300. The SMILES string of the molecule is OC1(O)CCc2ccccc2O1.OC1(O)CCc2ccccc2O1.OC1(O)CCc2ccccc2O1. The van der Waals surface area contributed by atoms with Crippen LogP contribution in [-0.4, -0.2) is 48.6 Å². The molecule has 6 N–H and O–H groups in total. The second kappa shape index (κ2) is 10.4. The van der Waals surface area contributed by atoms with E-state index in [1.165, 1.54) is 0 Å². The molecule has 0 aliphatic carbocycles. The first-order chi connectivity index (χ1) is 17.0. The third-order valence-electron chi connectivity index (χ3n) is 5.90. The standard InChI is InChI=1S/3C9H10O3/c3*10-9(11)6-5-7-3-1-2-4-8(7)12-9/h3*1-4,10-11H,5-6H2. The van der Waals surface area contributed by atoms with Gasteiger partial charge in [-0.3, -0.25) is 0 Å². The van der Waals surface area contributed by atoms with Gasteiger partial charge in [0.2, 0.25) is 0 Å². The zero-order valence-electron chi connectivity index (χ0n) is 19.6. The molecule has 0 bridgehead atoms. The molecule has 3 aliphatic heterocycles. The molecule has 192 valence electrons. The summed E-state index contributed by atoms with van der Waals surface area (Å²) in [4.78, 5) is 0. The van der Waals surface area contributed by atoms with Crippen LogP contribution in [0.25, 0.3) is 0 Å². The molecule has 0 fully saturated rings. The summed E-state index contributed by atoms with van der Waals surface area (Å²) in [6.07, 6.45) is 2.60. The van der Waals surface area contributed by atoms with Crippen molar-refractivity contribution in [3.63, 3.8) is 0 Å². The summed E-state index contributed by atoms with van der Waals surface area (Å²) in [7, 11) is 0. The molecule has 0 spiro atoms. The summed E-state index contributed by atoms with van der Waals surface area (Å²) in [6.45, 7) is 0. The number of aliphatic hydroxyl groups is 6. The Morgan fingerprint density at radius 3 is 0.944 bits per heavy atom. The second-order valence-electron chi connectivity index (χ2n) is 8.86. The average Bonchev–Trinajstić information content (AvgIpc) is 2.83. The van der Waals surface area contributed by atoms with E-state index >= 15 is 0 Å². The molecule has 9 heteroatoms. The first-order valence-corrected chi connectivity index (χ1v) is 11.7. The van der Waals surface area contributed by atoms with Crippen LogP contribution in [0.2, 0.25) is 0 Å². The summed E-state index contributed by atoms with van der Waals surface area (Å²) in [5.41, 5.74) is 3.07. The maximum absolute atomic E-state index is 9.15. The van der Waals surface area contributed by atoms with Crippen LogP contribution in [0.15, 0.2) is 72.8 Å². The third kappa shape index (κ3) is 6.94. The predicted octanol–water partition coefficient (Wildman–Crippen LogP) is 1.95. The minimum atomic E-state index is -1.98. The average molecular weight is 499 g/mol. The predicted molar refractivity (Wildman–Crippen MR) is 128 cm³/mol. The smallest absolute Gasteiger partial charge is 0.322 e. The Morgan fingerprint density at radius 2 is 0.667 bits per heavy atom. The van der Waals surface area contributed by atoms with Crippen molar-refractivity contribution < 1.29 is 44.8 Å². The Morgan fingerprint density at radius 1 is 0.417 bits per heavy atom. The van der Waals surface area contributed by atoms with Crippen molar-refractivity contribution in [2.24, 2.45) is 0 Å². The molecule has 3 aliphatic rings.